The monoisotopic (exact) mass is 372 g/mol. The van der Waals surface area contributed by atoms with Gasteiger partial charge in [-0.3, -0.25) is 14.8 Å². The third kappa shape index (κ3) is 3.91. The van der Waals surface area contributed by atoms with Gasteiger partial charge >= 0.3 is 0 Å². The number of hydrogen-bond acceptors (Lipinski definition) is 5. The predicted octanol–water partition coefficient (Wildman–Crippen LogP) is 4.20. The van der Waals surface area contributed by atoms with E-state index in [0.717, 1.165) is 27.4 Å². The lowest BCUT2D eigenvalue weighted by molar-refractivity contribution is 0.0946. The zero-order chi connectivity index (χ0) is 18.5. The number of thiazole rings is 1. The van der Waals surface area contributed by atoms with Crippen LogP contribution in [-0.2, 0) is 6.54 Å². The van der Waals surface area contributed by atoms with Gasteiger partial charge in [0.1, 0.15) is 10.7 Å². The summed E-state index contributed by atoms with van der Waals surface area (Å²) in [6.45, 7) is 0.370. The van der Waals surface area contributed by atoms with Crippen molar-refractivity contribution in [2.24, 2.45) is 0 Å². The molecule has 1 amide bonds. The van der Waals surface area contributed by atoms with E-state index in [1.54, 1.807) is 24.0 Å². The van der Waals surface area contributed by atoms with Crippen LogP contribution in [0.25, 0.3) is 21.8 Å². The maximum absolute atomic E-state index is 12.5. The Morgan fingerprint density at radius 1 is 0.963 bits per heavy atom. The maximum atomic E-state index is 12.5. The van der Waals surface area contributed by atoms with Crippen molar-refractivity contribution in [2.75, 3.05) is 0 Å². The molecule has 0 aliphatic carbocycles. The summed E-state index contributed by atoms with van der Waals surface area (Å²) < 4.78 is 0. The van der Waals surface area contributed by atoms with Gasteiger partial charge < -0.3 is 5.32 Å². The Bertz CT molecular complexity index is 1050. The second-order valence-electron chi connectivity index (χ2n) is 5.84. The molecule has 1 N–H and O–H groups in total. The summed E-state index contributed by atoms with van der Waals surface area (Å²) in [6.07, 6.45) is 5.22. The molecule has 0 saturated carbocycles. The van der Waals surface area contributed by atoms with Gasteiger partial charge in [0, 0.05) is 41.6 Å². The number of rotatable bonds is 5. The van der Waals surface area contributed by atoms with E-state index in [4.69, 9.17) is 0 Å². The van der Waals surface area contributed by atoms with E-state index >= 15 is 0 Å². The average Bonchev–Trinajstić information content (AvgIpc) is 3.24. The van der Waals surface area contributed by atoms with Crippen molar-refractivity contribution in [3.8, 4) is 21.8 Å². The van der Waals surface area contributed by atoms with Crippen molar-refractivity contribution in [2.45, 2.75) is 6.54 Å². The third-order valence-electron chi connectivity index (χ3n) is 4.02. The highest BCUT2D eigenvalue weighted by Crippen LogP contribution is 2.23. The normalized spacial score (nSPS) is 10.5. The zero-order valence-electron chi connectivity index (χ0n) is 14.4. The second-order valence-corrected chi connectivity index (χ2v) is 6.70. The zero-order valence-corrected chi connectivity index (χ0v) is 15.2. The van der Waals surface area contributed by atoms with E-state index in [-0.39, 0.29) is 5.91 Å². The molecule has 0 atom stereocenters. The summed E-state index contributed by atoms with van der Waals surface area (Å²) in [4.78, 5) is 25.5. The lowest BCUT2D eigenvalue weighted by Gasteiger charge is -2.09. The number of benzene rings is 1. The first kappa shape index (κ1) is 17.1. The average molecular weight is 372 g/mol. The first-order chi connectivity index (χ1) is 13.3. The van der Waals surface area contributed by atoms with Crippen LogP contribution in [0.1, 0.15) is 16.1 Å². The Hall–Kier alpha value is -3.38. The van der Waals surface area contributed by atoms with Crippen LogP contribution in [-0.4, -0.2) is 20.9 Å². The van der Waals surface area contributed by atoms with Crippen LogP contribution >= 0.6 is 11.3 Å². The van der Waals surface area contributed by atoms with Crippen LogP contribution in [0.15, 0.2) is 78.6 Å². The van der Waals surface area contributed by atoms with Crippen molar-refractivity contribution < 1.29 is 4.79 Å². The summed E-state index contributed by atoms with van der Waals surface area (Å²) in [5.74, 6) is -0.200. The van der Waals surface area contributed by atoms with Crippen molar-refractivity contribution in [1.29, 1.82) is 0 Å². The van der Waals surface area contributed by atoms with Crippen molar-refractivity contribution in [1.82, 2.24) is 20.3 Å². The van der Waals surface area contributed by atoms with Gasteiger partial charge in [-0.15, -0.1) is 11.3 Å². The number of nitrogens with one attached hydrogen (secondary N) is 1. The molecule has 6 heteroatoms. The standard InChI is InChI=1S/C21H16N4OS/c26-20(18-14-27-21(25-18)15-6-2-1-3-7-15)24-13-17-9-5-11-23-19(17)16-8-4-10-22-12-16/h1-12,14H,13H2,(H,24,26). The van der Waals surface area contributed by atoms with Gasteiger partial charge in [0.2, 0.25) is 0 Å². The highest BCUT2D eigenvalue weighted by molar-refractivity contribution is 7.13. The molecule has 0 fully saturated rings. The Kier molecular flexibility index (Phi) is 4.98. The number of hydrogen-bond donors (Lipinski definition) is 1. The number of carbonyl (C=O) groups is 1. The topological polar surface area (TPSA) is 67.8 Å². The molecule has 4 rings (SSSR count). The molecule has 0 bridgehead atoms. The molecule has 3 heterocycles. The van der Waals surface area contributed by atoms with Gasteiger partial charge in [-0.05, 0) is 23.8 Å². The molecule has 132 valence electrons. The minimum absolute atomic E-state index is 0.200. The number of aromatic nitrogens is 3. The minimum Gasteiger partial charge on any atom is -0.347 e. The van der Waals surface area contributed by atoms with Crippen LogP contribution in [0.4, 0.5) is 0 Å². The van der Waals surface area contributed by atoms with E-state index in [1.165, 1.54) is 11.3 Å². The number of pyridine rings is 2. The summed E-state index contributed by atoms with van der Waals surface area (Å²) in [7, 11) is 0. The summed E-state index contributed by atoms with van der Waals surface area (Å²) in [6, 6.07) is 17.5. The number of nitrogens with zero attached hydrogens (tertiary/aromatic N) is 3. The fourth-order valence-electron chi connectivity index (χ4n) is 2.70. The Morgan fingerprint density at radius 3 is 2.59 bits per heavy atom. The van der Waals surface area contributed by atoms with Gasteiger partial charge in [0.05, 0.1) is 5.69 Å². The molecule has 4 aromatic rings. The Morgan fingerprint density at radius 2 is 1.78 bits per heavy atom. The third-order valence-corrected chi connectivity index (χ3v) is 4.91. The largest absolute Gasteiger partial charge is 0.347 e. The number of carbonyl (C=O) groups excluding carboxylic acids is 1. The van der Waals surface area contributed by atoms with Gasteiger partial charge in [-0.1, -0.05) is 36.4 Å². The Balaban J connectivity index is 1.49. The lowest BCUT2D eigenvalue weighted by atomic mass is 10.1. The molecular weight excluding hydrogens is 356 g/mol. The molecule has 1 aromatic carbocycles. The molecule has 5 nitrogen and oxygen atoms in total. The SMILES string of the molecule is O=C(NCc1cccnc1-c1cccnc1)c1csc(-c2ccccc2)n1. The fourth-order valence-corrected chi connectivity index (χ4v) is 3.51. The lowest BCUT2D eigenvalue weighted by Crippen LogP contribution is -2.23. The van der Waals surface area contributed by atoms with Crippen molar-refractivity contribution in [3.63, 3.8) is 0 Å². The molecule has 0 unspecified atom stereocenters. The highest BCUT2D eigenvalue weighted by Gasteiger charge is 2.13. The van der Waals surface area contributed by atoms with Gasteiger partial charge in [0.15, 0.2) is 0 Å². The van der Waals surface area contributed by atoms with Crippen molar-refractivity contribution in [3.05, 3.63) is 89.8 Å². The smallest absolute Gasteiger partial charge is 0.271 e. The maximum Gasteiger partial charge on any atom is 0.271 e. The van der Waals surface area contributed by atoms with Crippen LogP contribution in [0.2, 0.25) is 0 Å². The molecule has 0 saturated heterocycles. The van der Waals surface area contributed by atoms with E-state index in [0.29, 0.717) is 12.2 Å². The van der Waals surface area contributed by atoms with Crippen LogP contribution in [0.3, 0.4) is 0 Å². The van der Waals surface area contributed by atoms with E-state index in [9.17, 15) is 4.79 Å². The first-order valence-corrected chi connectivity index (χ1v) is 9.32. The second kappa shape index (κ2) is 7.88. The first-order valence-electron chi connectivity index (χ1n) is 8.45. The van der Waals surface area contributed by atoms with Crippen LogP contribution in [0.5, 0.6) is 0 Å². The van der Waals surface area contributed by atoms with Crippen molar-refractivity contribution >= 4 is 17.2 Å². The Labute approximate surface area is 160 Å². The van der Waals surface area contributed by atoms with E-state index < -0.39 is 0 Å². The van der Waals surface area contributed by atoms with E-state index in [2.05, 4.69) is 20.3 Å². The highest BCUT2D eigenvalue weighted by atomic mass is 32.1. The van der Waals surface area contributed by atoms with Crippen LogP contribution in [0, 0.1) is 0 Å². The fraction of sp³-hybridized carbons (Fsp3) is 0.0476. The molecule has 0 spiro atoms. The van der Waals surface area contributed by atoms with Crippen LogP contribution < -0.4 is 5.32 Å². The minimum atomic E-state index is -0.200. The summed E-state index contributed by atoms with van der Waals surface area (Å²) in [5, 5.41) is 5.55. The molecule has 0 aliphatic rings. The summed E-state index contributed by atoms with van der Waals surface area (Å²) in [5.41, 5.74) is 4.09. The van der Waals surface area contributed by atoms with E-state index in [1.807, 2.05) is 54.6 Å². The summed E-state index contributed by atoms with van der Waals surface area (Å²) >= 11 is 1.46. The van der Waals surface area contributed by atoms with Gasteiger partial charge in [0.25, 0.3) is 5.91 Å². The molecule has 3 aromatic heterocycles. The van der Waals surface area contributed by atoms with Gasteiger partial charge in [-0.25, -0.2) is 4.98 Å². The van der Waals surface area contributed by atoms with Gasteiger partial charge in [-0.2, -0.15) is 0 Å². The predicted molar refractivity (Wildman–Crippen MR) is 106 cm³/mol. The molecule has 27 heavy (non-hydrogen) atoms. The molecule has 0 radical (unpaired) electrons. The quantitative estimate of drug-likeness (QED) is 0.570. The molecular formula is C21H16N4OS. The molecule has 0 aliphatic heterocycles. The number of amides is 1.